The lowest BCUT2D eigenvalue weighted by molar-refractivity contribution is -0.379. The zero-order valence-electron chi connectivity index (χ0n) is 61.6. The van der Waals surface area contributed by atoms with Crippen molar-refractivity contribution in [3.05, 3.63) is 0 Å². The van der Waals surface area contributed by atoms with Crippen LogP contribution in [-0.2, 0) is 33.2 Å². The Kier molecular flexibility index (Phi) is 55.8. The highest BCUT2D eigenvalue weighted by molar-refractivity contribution is 5.76. The molecule has 3 rings (SSSR count). The topological polar surface area (TPSA) is 307 Å². The molecule has 0 saturated carbocycles. The van der Waals surface area contributed by atoms with Crippen LogP contribution < -0.4 is 5.32 Å². The number of amides is 1. The summed E-state index contributed by atoms with van der Waals surface area (Å²) in [4.78, 5) is 13.5. The molecule has 17 unspecified atom stereocenters. The normalized spacial score (nSPS) is 26.8. The third kappa shape index (κ3) is 40.6. The number of nitrogens with one attached hydrogen (secondary N) is 1. The molecular formula is C78H151NO18. The molecule has 1 amide bonds. The second-order valence-corrected chi connectivity index (χ2v) is 29.6. The quantitative estimate of drug-likeness (QED) is 0.0252. The molecule has 19 heteroatoms. The summed E-state index contributed by atoms with van der Waals surface area (Å²) in [6, 6.07) is -0.883. The maximum absolute atomic E-state index is 13.5. The molecule has 3 heterocycles. The Morgan fingerprint density at radius 3 is 0.897 bits per heavy atom. The number of aliphatic hydroxyl groups excluding tert-OH is 11. The highest BCUT2D eigenvalue weighted by Crippen LogP contribution is 2.33. The Balaban J connectivity index is 1.36. The number of ether oxygens (including phenoxy) is 6. The van der Waals surface area contributed by atoms with E-state index < -0.39 is 124 Å². The summed E-state index contributed by atoms with van der Waals surface area (Å²) in [7, 11) is 0. The van der Waals surface area contributed by atoms with Crippen LogP contribution in [0.4, 0.5) is 0 Å². The lowest BCUT2D eigenvalue weighted by Gasteiger charge is -2.48. The summed E-state index contributed by atoms with van der Waals surface area (Å²) in [5.74, 6) is -0.232. The van der Waals surface area contributed by atoms with Gasteiger partial charge in [0.2, 0.25) is 5.91 Å². The molecule has 3 fully saturated rings. The van der Waals surface area contributed by atoms with Gasteiger partial charge in [-0.3, -0.25) is 4.79 Å². The molecule has 19 nitrogen and oxygen atoms in total. The molecule has 0 bridgehead atoms. The van der Waals surface area contributed by atoms with E-state index >= 15 is 0 Å². The SMILES string of the molecule is CCCCCCCCCCCCCCCCCCCCCCCCCCCCCCCC(=O)NC(COC1OC(CO)C(OC2OC(CO)C(OC3OC(CO)C(O)C(O)C3O)C(O)C2O)C(O)C1O)C(O)CCCCCCCCCCCCCCCCCCCCCCCCC. The van der Waals surface area contributed by atoms with E-state index in [1.807, 2.05) is 0 Å². The Bertz CT molecular complexity index is 1760. The van der Waals surface area contributed by atoms with Gasteiger partial charge in [0, 0.05) is 6.42 Å². The minimum atomic E-state index is -1.97. The van der Waals surface area contributed by atoms with Crippen molar-refractivity contribution in [2.75, 3.05) is 26.4 Å². The van der Waals surface area contributed by atoms with Crippen LogP contribution in [0.15, 0.2) is 0 Å². The summed E-state index contributed by atoms with van der Waals surface area (Å²) in [5.41, 5.74) is 0. The van der Waals surface area contributed by atoms with Gasteiger partial charge < -0.3 is 89.9 Å². The van der Waals surface area contributed by atoms with Crippen molar-refractivity contribution < 1.29 is 89.4 Å². The Labute approximate surface area is 589 Å². The lowest BCUT2D eigenvalue weighted by atomic mass is 9.96. The molecule has 0 aliphatic carbocycles. The first-order chi connectivity index (χ1) is 47.3. The van der Waals surface area contributed by atoms with E-state index in [-0.39, 0.29) is 18.9 Å². The van der Waals surface area contributed by atoms with Crippen molar-refractivity contribution in [3.8, 4) is 0 Å². The van der Waals surface area contributed by atoms with Gasteiger partial charge in [-0.25, -0.2) is 0 Å². The number of rotatable bonds is 66. The van der Waals surface area contributed by atoms with Crippen molar-refractivity contribution in [2.45, 2.75) is 465 Å². The van der Waals surface area contributed by atoms with Gasteiger partial charge in [0.05, 0.1) is 38.6 Å². The van der Waals surface area contributed by atoms with Crippen LogP contribution in [0.25, 0.3) is 0 Å². The summed E-state index contributed by atoms with van der Waals surface area (Å²) >= 11 is 0. The molecular weight excluding hydrogens is 1240 g/mol. The maximum atomic E-state index is 13.5. The van der Waals surface area contributed by atoms with E-state index in [0.717, 1.165) is 44.9 Å². The summed E-state index contributed by atoms with van der Waals surface area (Å²) in [6.45, 7) is 1.88. The maximum Gasteiger partial charge on any atom is 0.220 e. The van der Waals surface area contributed by atoms with Gasteiger partial charge in [-0.15, -0.1) is 0 Å². The minimum absolute atomic E-state index is 0.232. The average Bonchev–Trinajstić information content (AvgIpc) is 0.789. The number of hydrogen-bond donors (Lipinski definition) is 12. The van der Waals surface area contributed by atoms with Crippen molar-refractivity contribution in [1.82, 2.24) is 5.32 Å². The summed E-state index contributed by atoms with van der Waals surface area (Å²) in [5, 5.41) is 121. The van der Waals surface area contributed by atoms with Crippen molar-refractivity contribution in [3.63, 3.8) is 0 Å². The van der Waals surface area contributed by atoms with Gasteiger partial charge in [-0.2, -0.15) is 0 Å². The van der Waals surface area contributed by atoms with Crippen molar-refractivity contribution in [2.24, 2.45) is 0 Å². The number of carbonyl (C=O) groups excluding carboxylic acids is 1. The molecule has 0 aromatic rings. The molecule has 576 valence electrons. The van der Waals surface area contributed by atoms with E-state index in [9.17, 15) is 61.0 Å². The molecule has 3 aliphatic heterocycles. The minimum Gasteiger partial charge on any atom is -0.394 e. The number of hydrogen-bond acceptors (Lipinski definition) is 18. The molecule has 12 N–H and O–H groups in total. The first-order valence-corrected chi connectivity index (χ1v) is 40.8. The number of unbranched alkanes of at least 4 members (excludes halogenated alkanes) is 50. The molecule has 3 aliphatic rings. The van der Waals surface area contributed by atoms with Crippen LogP contribution in [0.3, 0.4) is 0 Å². The molecule has 0 aromatic heterocycles. The lowest BCUT2D eigenvalue weighted by Crippen LogP contribution is -2.66. The third-order valence-electron chi connectivity index (χ3n) is 20.9. The van der Waals surface area contributed by atoms with Crippen LogP contribution >= 0.6 is 0 Å². The highest BCUT2D eigenvalue weighted by atomic mass is 16.8. The van der Waals surface area contributed by atoms with Gasteiger partial charge in [-0.05, 0) is 12.8 Å². The van der Waals surface area contributed by atoms with E-state index in [0.29, 0.717) is 12.8 Å². The standard InChI is InChI=1S/C78H151NO18/c1-3-5-7-9-11-13-15-17-19-21-23-25-27-28-29-30-31-32-34-36-38-40-42-44-46-48-50-52-54-56-66(84)79-61(62(83)55-53-51-49-47-45-43-41-39-37-35-33-26-24-22-20-18-16-14-12-10-8-6-4-2)60-92-76-72(90)69(87)74(64(58-81)94-76)97-78-73(91)70(88)75(65(59-82)95-78)96-77-71(89)68(86)67(85)63(57-80)93-77/h61-65,67-78,80-83,85-91H,3-60H2,1-2H3,(H,79,84). The first-order valence-electron chi connectivity index (χ1n) is 40.8. The average molecular weight is 1390 g/mol. The van der Waals surface area contributed by atoms with Gasteiger partial charge >= 0.3 is 0 Å². The smallest absolute Gasteiger partial charge is 0.220 e. The predicted molar refractivity (Wildman–Crippen MR) is 384 cm³/mol. The monoisotopic (exact) mass is 1390 g/mol. The van der Waals surface area contributed by atoms with Crippen LogP contribution in [0.1, 0.15) is 361 Å². The van der Waals surface area contributed by atoms with Crippen molar-refractivity contribution in [1.29, 1.82) is 0 Å². The van der Waals surface area contributed by atoms with Crippen molar-refractivity contribution >= 4 is 5.91 Å². The zero-order chi connectivity index (χ0) is 70.4. The molecule has 17 atom stereocenters. The fourth-order valence-corrected chi connectivity index (χ4v) is 14.4. The fourth-order valence-electron chi connectivity index (χ4n) is 14.4. The molecule has 0 radical (unpaired) electrons. The van der Waals surface area contributed by atoms with Crippen LogP contribution in [-0.4, -0.2) is 193 Å². The van der Waals surface area contributed by atoms with Crippen LogP contribution in [0.2, 0.25) is 0 Å². The second-order valence-electron chi connectivity index (χ2n) is 29.6. The van der Waals surface area contributed by atoms with E-state index in [2.05, 4.69) is 19.2 Å². The van der Waals surface area contributed by atoms with Gasteiger partial charge in [0.1, 0.15) is 73.2 Å². The molecule has 3 saturated heterocycles. The first kappa shape index (κ1) is 90.0. The Morgan fingerprint density at radius 1 is 0.330 bits per heavy atom. The molecule has 0 spiro atoms. The second kappa shape index (κ2) is 60.1. The Hall–Kier alpha value is -1.21. The largest absolute Gasteiger partial charge is 0.394 e. The van der Waals surface area contributed by atoms with Gasteiger partial charge in [-0.1, -0.05) is 341 Å². The zero-order valence-corrected chi connectivity index (χ0v) is 61.6. The third-order valence-corrected chi connectivity index (χ3v) is 20.9. The van der Waals surface area contributed by atoms with Crippen LogP contribution in [0, 0.1) is 0 Å². The molecule has 97 heavy (non-hydrogen) atoms. The number of aliphatic hydroxyl groups is 11. The predicted octanol–water partition coefficient (Wildman–Crippen LogP) is 13.4. The highest BCUT2D eigenvalue weighted by Gasteiger charge is 2.54. The summed E-state index contributed by atoms with van der Waals surface area (Å²) in [6.07, 6.45) is 41.9. The van der Waals surface area contributed by atoms with E-state index in [4.69, 9.17) is 28.4 Å². The van der Waals surface area contributed by atoms with Gasteiger partial charge in [0.15, 0.2) is 18.9 Å². The van der Waals surface area contributed by atoms with E-state index in [1.54, 1.807) is 0 Å². The Morgan fingerprint density at radius 2 is 0.588 bits per heavy atom. The van der Waals surface area contributed by atoms with Crippen LogP contribution in [0.5, 0.6) is 0 Å². The number of carbonyl (C=O) groups is 1. The fraction of sp³-hybridized carbons (Fsp3) is 0.987. The molecule has 0 aromatic carbocycles. The van der Waals surface area contributed by atoms with Gasteiger partial charge in [0.25, 0.3) is 0 Å². The van der Waals surface area contributed by atoms with E-state index in [1.165, 1.54) is 283 Å². The summed E-state index contributed by atoms with van der Waals surface area (Å²) < 4.78 is 34.5.